The normalized spacial score (nSPS) is 9.81. The summed E-state index contributed by atoms with van der Waals surface area (Å²) in [5.74, 6) is -0.970. The summed E-state index contributed by atoms with van der Waals surface area (Å²) in [6.45, 7) is -0.487. The van der Waals surface area contributed by atoms with Crippen molar-refractivity contribution in [1.82, 2.24) is 0 Å². The topological polar surface area (TPSA) is 81.4 Å². The molecule has 5 nitrogen and oxygen atoms in total. The van der Waals surface area contributed by atoms with Gasteiger partial charge in [-0.2, -0.15) is 0 Å². The first-order valence-electron chi connectivity index (χ1n) is 4.49. The molecule has 0 aliphatic heterocycles. The van der Waals surface area contributed by atoms with Gasteiger partial charge in [0.2, 0.25) is 11.8 Å². The van der Waals surface area contributed by atoms with Gasteiger partial charge in [0, 0.05) is 10.7 Å². The van der Waals surface area contributed by atoms with E-state index in [1.165, 1.54) is 0 Å². The number of carbonyl (C=O) groups is 2. The zero-order valence-electron chi connectivity index (χ0n) is 8.40. The van der Waals surface area contributed by atoms with Crippen molar-refractivity contribution < 1.29 is 14.3 Å². The van der Waals surface area contributed by atoms with Gasteiger partial charge in [0.05, 0.1) is 0 Å². The van der Waals surface area contributed by atoms with E-state index in [1.54, 1.807) is 24.3 Å². The Morgan fingerprint density at radius 2 is 1.88 bits per heavy atom. The van der Waals surface area contributed by atoms with Gasteiger partial charge in [0.25, 0.3) is 0 Å². The minimum Gasteiger partial charge on any atom is -0.368 e. The number of ether oxygens (including phenoxy) is 1. The number of hydrogen-bond acceptors (Lipinski definition) is 3. The molecule has 86 valence electrons. The molecule has 6 heteroatoms. The number of halogens is 1. The van der Waals surface area contributed by atoms with Gasteiger partial charge >= 0.3 is 0 Å². The largest absolute Gasteiger partial charge is 0.368 e. The second-order valence-corrected chi connectivity index (χ2v) is 3.45. The number of hydrogen-bond donors (Lipinski definition) is 2. The molecular weight excluding hydrogens is 232 g/mol. The number of rotatable bonds is 5. The summed E-state index contributed by atoms with van der Waals surface area (Å²) in [4.78, 5) is 21.6. The van der Waals surface area contributed by atoms with Gasteiger partial charge in [-0.05, 0) is 24.3 Å². The van der Waals surface area contributed by atoms with E-state index in [1.807, 2.05) is 0 Å². The molecule has 0 aliphatic carbocycles. The molecule has 2 amide bonds. The van der Waals surface area contributed by atoms with Crippen LogP contribution in [0, 0.1) is 0 Å². The molecule has 1 aromatic rings. The Balaban J connectivity index is 2.34. The molecule has 0 saturated heterocycles. The summed E-state index contributed by atoms with van der Waals surface area (Å²) in [7, 11) is 0. The second kappa shape index (κ2) is 6.09. The molecule has 0 aliphatic rings. The first kappa shape index (κ1) is 12.5. The highest BCUT2D eigenvalue weighted by Crippen LogP contribution is 2.12. The van der Waals surface area contributed by atoms with Crippen LogP contribution in [-0.4, -0.2) is 25.0 Å². The predicted molar refractivity (Wildman–Crippen MR) is 60.1 cm³/mol. The van der Waals surface area contributed by atoms with E-state index in [4.69, 9.17) is 22.1 Å². The maximum absolute atomic E-state index is 11.3. The zero-order chi connectivity index (χ0) is 12.0. The smallest absolute Gasteiger partial charge is 0.250 e. The predicted octanol–water partition coefficient (Wildman–Crippen LogP) is 0.780. The maximum Gasteiger partial charge on any atom is 0.250 e. The van der Waals surface area contributed by atoms with Crippen molar-refractivity contribution in [2.24, 2.45) is 5.73 Å². The van der Waals surface area contributed by atoms with Crippen LogP contribution in [-0.2, 0) is 14.3 Å². The van der Waals surface area contributed by atoms with Gasteiger partial charge in [-0.1, -0.05) is 11.6 Å². The maximum atomic E-state index is 11.3. The average molecular weight is 243 g/mol. The monoisotopic (exact) mass is 242 g/mol. The van der Waals surface area contributed by atoms with E-state index in [9.17, 15) is 9.59 Å². The fraction of sp³-hybridized carbons (Fsp3) is 0.200. The van der Waals surface area contributed by atoms with Crippen LogP contribution in [0.1, 0.15) is 0 Å². The Morgan fingerprint density at radius 3 is 2.44 bits per heavy atom. The highest BCUT2D eigenvalue weighted by molar-refractivity contribution is 6.30. The standard InChI is InChI=1S/C10H11ClN2O3/c11-7-1-3-8(4-2-7)13-10(15)6-16-5-9(12)14/h1-4H,5-6H2,(H2,12,14)(H,13,15). The molecule has 16 heavy (non-hydrogen) atoms. The molecule has 0 radical (unpaired) electrons. The van der Waals surface area contributed by atoms with E-state index < -0.39 is 5.91 Å². The van der Waals surface area contributed by atoms with Gasteiger partial charge in [0.15, 0.2) is 0 Å². The van der Waals surface area contributed by atoms with Gasteiger partial charge in [-0.15, -0.1) is 0 Å². The van der Waals surface area contributed by atoms with Crippen LogP contribution in [0.2, 0.25) is 5.02 Å². The highest BCUT2D eigenvalue weighted by atomic mass is 35.5. The summed E-state index contributed by atoms with van der Waals surface area (Å²) in [6.07, 6.45) is 0. The fourth-order valence-corrected chi connectivity index (χ4v) is 1.10. The third-order valence-electron chi connectivity index (χ3n) is 1.61. The molecule has 0 unspecified atom stereocenters. The van der Waals surface area contributed by atoms with Crippen molar-refractivity contribution >= 4 is 29.1 Å². The summed E-state index contributed by atoms with van der Waals surface area (Å²) in [6, 6.07) is 6.63. The number of nitrogens with one attached hydrogen (secondary N) is 1. The van der Waals surface area contributed by atoms with E-state index >= 15 is 0 Å². The van der Waals surface area contributed by atoms with Crippen LogP contribution < -0.4 is 11.1 Å². The SMILES string of the molecule is NC(=O)COCC(=O)Nc1ccc(Cl)cc1. The number of primary amides is 1. The van der Waals surface area contributed by atoms with Crippen molar-refractivity contribution in [1.29, 1.82) is 0 Å². The van der Waals surface area contributed by atoms with Gasteiger partial charge in [0.1, 0.15) is 13.2 Å². The molecular formula is C10H11ClN2O3. The van der Waals surface area contributed by atoms with Gasteiger partial charge < -0.3 is 15.8 Å². The summed E-state index contributed by atoms with van der Waals surface area (Å²) in [5, 5.41) is 3.15. The van der Waals surface area contributed by atoms with Crippen LogP contribution in [0.5, 0.6) is 0 Å². The summed E-state index contributed by atoms with van der Waals surface area (Å²) in [5.41, 5.74) is 5.45. The quantitative estimate of drug-likeness (QED) is 0.801. The lowest BCUT2D eigenvalue weighted by Gasteiger charge is -2.05. The highest BCUT2D eigenvalue weighted by Gasteiger charge is 2.03. The Kier molecular flexibility index (Phi) is 4.75. The number of benzene rings is 1. The average Bonchev–Trinajstić information content (AvgIpc) is 2.21. The molecule has 0 fully saturated rings. The third-order valence-corrected chi connectivity index (χ3v) is 1.86. The van der Waals surface area contributed by atoms with Crippen LogP contribution in [0.25, 0.3) is 0 Å². The molecule has 0 saturated carbocycles. The van der Waals surface area contributed by atoms with Crippen molar-refractivity contribution in [3.8, 4) is 0 Å². The molecule has 0 atom stereocenters. The lowest BCUT2D eigenvalue weighted by Crippen LogP contribution is -2.24. The molecule has 1 aromatic carbocycles. The van der Waals surface area contributed by atoms with Crippen LogP contribution in [0.4, 0.5) is 5.69 Å². The zero-order valence-corrected chi connectivity index (χ0v) is 9.16. The van der Waals surface area contributed by atoms with Crippen molar-refractivity contribution in [3.05, 3.63) is 29.3 Å². The molecule has 0 aromatic heterocycles. The van der Waals surface area contributed by atoms with Gasteiger partial charge in [-0.3, -0.25) is 9.59 Å². The second-order valence-electron chi connectivity index (χ2n) is 3.01. The summed E-state index contributed by atoms with van der Waals surface area (Å²) < 4.78 is 4.74. The van der Waals surface area contributed by atoms with Crippen molar-refractivity contribution in [2.45, 2.75) is 0 Å². The lowest BCUT2D eigenvalue weighted by atomic mass is 10.3. The minimum absolute atomic E-state index is 0.217. The Morgan fingerprint density at radius 1 is 1.25 bits per heavy atom. The molecule has 1 rings (SSSR count). The van der Waals surface area contributed by atoms with E-state index in [0.29, 0.717) is 10.7 Å². The van der Waals surface area contributed by atoms with E-state index in [0.717, 1.165) is 0 Å². The first-order valence-corrected chi connectivity index (χ1v) is 4.87. The summed E-state index contributed by atoms with van der Waals surface area (Å²) >= 11 is 5.68. The van der Waals surface area contributed by atoms with Crippen LogP contribution in [0.15, 0.2) is 24.3 Å². The number of carbonyl (C=O) groups excluding carboxylic acids is 2. The Hall–Kier alpha value is -1.59. The fourth-order valence-electron chi connectivity index (χ4n) is 0.975. The van der Waals surface area contributed by atoms with E-state index in [2.05, 4.69) is 5.32 Å². The first-order chi connectivity index (χ1) is 7.58. The van der Waals surface area contributed by atoms with Crippen LogP contribution >= 0.6 is 11.6 Å². The van der Waals surface area contributed by atoms with E-state index in [-0.39, 0.29) is 19.1 Å². The Bertz CT molecular complexity index is 378. The third kappa shape index (κ3) is 4.77. The number of anilines is 1. The minimum atomic E-state index is -0.612. The van der Waals surface area contributed by atoms with Crippen molar-refractivity contribution in [3.63, 3.8) is 0 Å². The van der Waals surface area contributed by atoms with Crippen LogP contribution in [0.3, 0.4) is 0 Å². The number of nitrogens with two attached hydrogens (primary N) is 1. The molecule has 3 N–H and O–H groups in total. The molecule has 0 spiro atoms. The van der Waals surface area contributed by atoms with Gasteiger partial charge in [-0.25, -0.2) is 0 Å². The number of amides is 2. The molecule has 0 bridgehead atoms. The Labute approximate surface area is 97.5 Å². The molecule has 0 heterocycles. The van der Waals surface area contributed by atoms with Crippen molar-refractivity contribution in [2.75, 3.05) is 18.5 Å². The lowest BCUT2D eigenvalue weighted by molar-refractivity contribution is -0.126.